The summed E-state index contributed by atoms with van der Waals surface area (Å²) < 4.78 is 11.4. The average molecular weight is 114 g/mol. The molecule has 0 saturated heterocycles. The van der Waals surface area contributed by atoms with E-state index in [1.165, 1.54) is 3.97 Å². The van der Waals surface area contributed by atoms with Crippen molar-refractivity contribution in [2.45, 2.75) is 0 Å². The van der Waals surface area contributed by atoms with Crippen LogP contribution in [0.2, 0.25) is 0 Å². The molecule has 0 aromatic carbocycles. The monoisotopic (exact) mass is 114 g/mol. The first kappa shape index (κ1) is 4.59. The first-order chi connectivity index (χ1) is 3.43. The van der Waals surface area contributed by atoms with Gasteiger partial charge in [-0.3, -0.25) is 3.97 Å². The summed E-state index contributed by atoms with van der Waals surface area (Å²) in [6.45, 7) is 0. The van der Waals surface area contributed by atoms with Crippen LogP contribution < -0.4 is 0 Å². The zero-order chi connectivity index (χ0) is 5.11. The van der Waals surface area contributed by atoms with Gasteiger partial charge in [-0.1, -0.05) is 0 Å². The molecule has 0 aliphatic rings. The predicted molar refractivity (Wildman–Crippen MR) is 28.2 cm³/mol. The maximum atomic E-state index is 9.91. The van der Waals surface area contributed by atoms with Gasteiger partial charge in [-0.05, 0) is 6.07 Å². The van der Waals surface area contributed by atoms with E-state index in [0.29, 0.717) is 0 Å². The number of rotatable bonds is 1. The Balaban J connectivity index is 2.96. The third-order valence-electron chi connectivity index (χ3n) is 0.625. The molecule has 2 nitrogen and oxygen atoms in total. The Labute approximate surface area is 45.4 Å². The summed E-state index contributed by atoms with van der Waals surface area (Å²) >= 11 is 0.000386. The second kappa shape index (κ2) is 1.93. The fourth-order valence-corrected chi connectivity index (χ4v) is 0.568. The van der Waals surface area contributed by atoms with Crippen molar-refractivity contribution >= 4 is 11.9 Å². The third-order valence-corrected chi connectivity index (χ3v) is 1.06. The molecule has 0 aliphatic carbocycles. The molecule has 0 fully saturated rings. The second-order valence-corrected chi connectivity index (χ2v) is 1.70. The van der Waals surface area contributed by atoms with Gasteiger partial charge in [0.05, 0.1) is 0 Å². The molecule has 0 amide bonds. The fraction of sp³-hybridized carbons (Fsp3) is 0. The van der Waals surface area contributed by atoms with E-state index in [0.717, 1.165) is 0 Å². The number of aromatic nitrogens is 1. The SMILES string of the molecule is O=[SH]n1c[c]cc1. The first-order valence-electron chi connectivity index (χ1n) is 1.81. The van der Waals surface area contributed by atoms with E-state index in [4.69, 9.17) is 0 Å². The molecular weight excluding hydrogens is 110 g/mol. The van der Waals surface area contributed by atoms with Gasteiger partial charge in [0, 0.05) is 18.5 Å². The van der Waals surface area contributed by atoms with Crippen molar-refractivity contribution in [2.24, 2.45) is 0 Å². The van der Waals surface area contributed by atoms with Gasteiger partial charge in [-0.25, -0.2) is 4.21 Å². The highest BCUT2D eigenvalue weighted by atomic mass is 32.2. The van der Waals surface area contributed by atoms with Crippen LogP contribution in [0.1, 0.15) is 0 Å². The van der Waals surface area contributed by atoms with E-state index >= 15 is 0 Å². The van der Waals surface area contributed by atoms with Crippen LogP contribution in [-0.4, -0.2) is 8.18 Å². The van der Waals surface area contributed by atoms with Gasteiger partial charge < -0.3 is 0 Å². The number of thiol groups is 1. The van der Waals surface area contributed by atoms with Crippen molar-refractivity contribution < 1.29 is 4.21 Å². The molecular formula is C4H4NOS. The van der Waals surface area contributed by atoms with Crippen LogP contribution in [0, 0.1) is 6.07 Å². The summed E-state index contributed by atoms with van der Waals surface area (Å²) in [6, 6.07) is 4.44. The van der Waals surface area contributed by atoms with E-state index in [-0.39, 0.29) is 11.9 Å². The van der Waals surface area contributed by atoms with Crippen molar-refractivity contribution in [3.05, 3.63) is 24.5 Å². The number of hydrogen-bond acceptors (Lipinski definition) is 1. The lowest BCUT2D eigenvalue weighted by atomic mass is 10.7. The highest BCUT2D eigenvalue weighted by Crippen LogP contribution is 1.81. The Morgan fingerprint density at radius 3 is 2.86 bits per heavy atom. The van der Waals surface area contributed by atoms with Crippen molar-refractivity contribution in [1.29, 1.82) is 0 Å². The van der Waals surface area contributed by atoms with E-state index in [1.54, 1.807) is 18.5 Å². The van der Waals surface area contributed by atoms with E-state index in [9.17, 15) is 4.21 Å². The molecule has 7 heavy (non-hydrogen) atoms. The largest absolute Gasteiger partial charge is 0.276 e. The molecule has 0 saturated carbocycles. The van der Waals surface area contributed by atoms with Crippen LogP contribution in [0.15, 0.2) is 18.5 Å². The van der Waals surface area contributed by atoms with Gasteiger partial charge in [0.2, 0.25) is 0 Å². The Morgan fingerprint density at radius 1 is 1.71 bits per heavy atom. The molecule has 1 aromatic rings. The van der Waals surface area contributed by atoms with Crippen molar-refractivity contribution in [2.75, 3.05) is 0 Å². The molecule has 0 aliphatic heterocycles. The molecule has 1 rings (SSSR count). The summed E-state index contributed by atoms with van der Waals surface area (Å²) in [7, 11) is 0. The van der Waals surface area contributed by atoms with E-state index < -0.39 is 0 Å². The van der Waals surface area contributed by atoms with E-state index in [2.05, 4.69) is 6.07 Å². The maximum Gasteiger partial charge on any atom is 0.110 e. The van der Waals surface area contributed by atoms with Gasteiger partial charge in [-0.2, -0.15) is 0 Å². The smallest absolute Gasteiger partial charge is 0.110 e. The lowest BCUT2D eigenvalue weighted by Crippen LogP contribution is -1.79. The van der Waals surface area contributed by atoms with Crippen LogP contribution in [0.5, 0.6) is 0 Å². The topological polar surface area (TPSA) is 22.0 Å². The minimum absolute atomic E-state index is 0.000386. The highest BCUT2D eigenvalue weighted by molar-refractivity contribution is 7.63. The lowest BCUT2D eigenvalue weighted by molar-refractivity contribution is 0.689. The minimum Gasteiger partial charge on any atom is -0.276 e. The average Bonchev–Trinajstić information content (AvgIpc) is 2.14. The number of hydrogen-bond donors (Lipinski definition) is 1. The van der Waals surface area contributed by atoms with Crippen LogP contribution >= 0.6 is 0 Å². The molecule has 0 N–H and O–H groups in total. The van der Waals surface area contributed by atoms with Gasteiger partial charge in [0.25, 0.3) is 0 Å². The quantitative estimate of drug-likeness (QED) is 0.510. The molecule has 0 spiro atoms. The Morgan fingerprint density at radius 2 is 2.57 bits per heavy atom. The molecule has 0 unspecified atom stereocenters. The summed E-state index contributed by atoms with van der Waals surface area (Å²) in [5, 5.41) is 0. The van der Waals surface area contributed by atoms with Crippen LogP contribution in [-0.2, 0) is 11.9 Å². The molecule has 1 aromatic heterocycles. The standard InChI is InChI=1S/C4H4NOS/c6-7-5-3-1-2-4-5/h1,3-4,7H. The normalized spacial score (nSPS) is 9.14. The molecule has 37 valence electrons. The van der Waals surface area contributed by atoms with Gasteiger partial charge >= 0.3 is 0 Å². The Hall–Kier alpha value is -0.570. The molecule has 1 heterocycles. The Bertz CT molecular complexity index is 147. The summed E-state index contributed by atoms with van der Waals surface area (Å²) in [6.07, 6.45) is 3.28. The summed E-state index contributed by atoms with van der Waals surface area (Å²) in [4.78, 5) is 0. The van der Waals surface area contributed by atoms with Crippen LogP contribution in [0.25, 0.3) is 0 Å². The minimum atomic E-state index is 0.000386. The van der Waals surface area contributed by atoms with Crippen molar-refractivity contribution in [3.8, 4) is 0 Å². The lowest BCUT2D eigenvalue weighted by Gasteiger charge is -1.78. The van der Waals surface area contributed by atoms with Gasteiger partial charge in [0.1, 0.15) is 11.9 Å². The Kier molecular flexibility index (Phi) is 1.26. The zero-order valence-electron chi connectivity index (χ0n) is 3.53. The molecule has 0 bridgehead atoms. The summed E-state index contributed by atoms with van der Waals surface area (Å²) in [5.41, 5.74) is 0. The predicted octanol–water partition coefficient (Wildman–Crippen LogP) is -0.00331. The van der Waals surface area contributed by atoms with Crippen LogP contribution in [0.4, 0.5) is 0 Å². The first-order valence-corrected chi connectivity index (χ1v) is 2.57. The van der Waals surface area contributed by atoms with E-state index in [1.807, 2.05) is 0 Å². The van der Waals surface area contributed by atoms with Crippen molar-refractivity contribution in [1.82, 2.24) is 3.97 Å². The fourth-order valence-electron chi connectivity index (χ4n) is 0.333. The molecule has 0 atom stereocenters. The number of nitrogens with zero attached hydrogens (tertiary/aromatic N) is 1. The van der Waals surface area contributed by atoms with Crippen molar-refractivity contribution in [3.63, 3.8) is 0 Å². The summed E-state index contributed by atoms with van der Waals surface area (Å²) in [5.74, 6) is 0. The second-order valence-electron chi connectivity index (χ2n) is 1.07. The molecule has 3 heteroatoms. The van der Waals surface area contributed by atoms with Crippen LogP contribution in [0.3, 0.4) is 0 Å². The van der Waals surface area contributed by atoms with Gasteiger partial charge in [-0.15, -0.1) is 0 Å². The molecule has 1 radical (unpaired) electrons. The third kappa shape index (κ3) is 0.899. The zero-order valence-corrected chi connectivity index (χ0v) is 4.43. The highest BCUT2D eigenvalue weighted by Gasteiger charge is 1.75. The van der Waals surface area contributed by atoms with Gasteiger partial charge in [0.15, 0.2) is 0 Å². The maximum absolute atomic E-state index is 9.91.